The molecule has 0 amide bonds. The lowest BCUT2D eigenvalue weighted by Crippen LogP contribution is -2.34. The zero-order valence-corrected chi connectivity index (χ0v) is 13.0. The zero-order valence-electron chi connectivity index (χ0n) is 12.0. The molecule has 0 radical (unpaired) electrons. The van der Waals surface area contributed by atoms with Gasteiger partial charge in [-0.1, -0.05) is 25.6 Å². The highest BCUT2D eigenvalue weighted by Crippen LogP contribution is 2.12. The Bertz CT molecular complexity index is 312. The predicted octanol–water partition coefficient (Wildman–Crippen LogP) is 2.61. The van der Waals surface area contributed by atoms with Gasteiger partial charge in [0, 0.05) is 0 Å². The molecule has 0 aromatic rings. The summed E-state index contributed by atoms with van der Waals surface area (Å²) < 4.78 is 10.6. The fraction of sp³-hybridized carbons (Fsp3) is 0.769. The molecule has 4 heteroatoms. The molecule has 0 aliphatic rings. The Labute approximate surface area is 106 Å². The molecule has 0 heterocycles. The van der Waals surface area contributed by atoms with Gasteiger partial charge in [0.25, 0.3) is 0 Å². The van der Waals surface area contributed by atoms with E-state index in [0.717, 1.165) is 0 Å². The Balaban J connectivity index is 4.85. The quantitative estimate of drug-likeness (QED) is 0.442. The van der Waals surface area contributed by atoms with Gasteiger partial charge in [0.2, 0.25) is 6.10 Å². The van der Waals surface area contributed by atoms with E-state index in [9.17, 15) is 4.79 Å². The smallest absolute Gasteiger partial charge is 0.347 e. The number of carbonyl (C=O) groups is 1. The second-order valence-electron chi connectivity index (χ2n) is 5.88. The third-order valence-electron chi connectivity index (χ3n) is 1.55. The number of hydrogen-bond donors (Lipinski definition) is 0. The monoisotopic (exact) mass is 256 g/mol. The molecule has 0 aliphatic carbocycles. The molecule has 98 valence electrons. The summed E-state index contributed by atoms with van der Waals surface area (Å²) in [6, 6.07) is 0. The average molecular weight is 256 g/mol. The van der Waals surface area contributed by atoms with E-state index in [1.807, 2.05) is 20.8 Å². The van der Waals surface area contributed by atoms with Crippen LogP contribution in [0.15, 0.2) is 0 Å². The van der Waals surface area contributed by atoms with Crippen molar-refractivity contribution in [1.29, 1.82) is 0 Å². The number of rotatable bonds is 3. The van der Waals surface area contributed by atoms with Crippen molar-refractivity contribution in [2.45, 2.75) is 59.0 Å². The lowest BCUT2D eigenvalue weighted by molar-refractivity contribution is -0.159. The van der Waals surface area contributed by atoms with Gasteiger partial charge in [-0.2, -0.15) is 0 Å². The van der Waals surface area contributed by atoms with Crippen molar-refractivity contribution in [3.05, 3.63) is 0 Å². The maximum Gasteiger partial charge on any atom is 0.347 e. The summed E-state index contributed by atoms with van der Waals surface area (Å²) in [5.41, 5.74) is 2.74. The van der Waals surface area contributed by atoms with Gasteiger partial charge < -0.3 is 9.47 Å². The second kappa shape index (κ2) is 6.22. The first-order chi connectivity index (χ1) is 7.55. The number of hydrogen-bond acceptors (Lipinski definition) is 3. The van der Waals surface area contributed by atoms with E-state index in [0.29, 0.717) is 6.61 Å². The van der Waals surface area contributed by atoms with Gasteiger partial charge in [-0.15, -0.1) is 5.54 Å². The molecule has 0 aromatic carbocycles. The van der Waals surface area contributed by atoms with Crippen molar-refractivity contribution < 1.29 is 14.3 Å². The van der Waals surface area contributed by atoms with Crippen LogP contribution in [0.4, 0.5) is 0 Å². The highest BCUT2D eigenvalue weighted by atomic mass is 28.3. The van der Waals surface area contributed by atoms with Gasteiger partial charge >= 0.3 is 5.97 Å². The Morgan fingerprint density at radius 2 is 1.82 bits per heavy atom. The van der Waals surface area contributed by atoms with Crippen molar-refractivity contribution in [3.8, 4) is 11.5 Å². The first-order valence-corrected chi connectivity index (χ1v) is 9.42. The van der Waals surface area contributed by atoms with E-state index in [4.69, 9.17) is 9.47 Å². The first-order valence-electron chi connectivity index (χ1n) is 5.92. The van der Waals surface area contributed by atoms with E-state index in [2.05, 4.69) is 31.1 Å². The molecule has 1 atom stereocenters. The average Bonchev–Trinajstić information content (AvgIpc) is 2.09. The van der Waals surface area contributed by atoms with E-state index in [1.54, 1.807) is 6.92 Å². The summed E-state index contributed by atoms with van der Waals surface area (Å²) in [7, 11) is -1.51. The fourth-order valence-electron chi connectivity index (χ4n) is 0.990. The minimum Gasteiger partial charge on any atom is -0.463 e. The van der Waals surface area contributed by atoms with Crippen molar-refractivity contribution in [2.75, 3.05) is 6.61 Å². The molecule has 3 nitrogen and oxygen atoms in total. The van der Waals surface area contributed by atoms with Crippen LogP contribution in [-0.4, -0.2) is 32.4 Å². The van der Waals surface area contributed by atoms with Crippen LogP contribution in [0.1, 0.15) is 27.7 Å². The van der Waals surface area contributed by atoms with Crippen molar-refractivity contribution in [2.24, 2.45) is 0 Å². The van der Waals surface area contributed by atoms with Crippen LogP contribution in [0, 0.1) is 11.5 Å². The minimum atomic E-state index is -1.51. The van der Waals surface area contributed by atoms with Gasteiger partial charge in [0.1, 0.15) is 8.07 Å². The van der Waals surface area contributed by atoms with Gasteiger partial charge in [-0.25, -0.2) is 4.79 Å². The largest absolute Gasteiger partial charge is 0.463 e. The summed E-state index contributed by atoms with van der Waals surface area (Å²) in [5.74, 6) is 2.52. The molecule has 0 aliphatic heterocycles. The molecule has 0 fully saturated rings. The van der Waals surface area contributed by atoms with Crippen LogP contribution < -0.4 is 0 Å². The molecule has 0 aromatic heterocycles. The SMILES string of the molecule is CCOC(=O)[C@H](C#C[Si](C)(C)C)OC(C)(C)C. The lowest BCUT2D eigenvalue weighted by atomic mass is 10.2. The molecule has 0 saturated carbocycles. The summed E-state index contributed by atoms with van der Waals surface area (Å²) in [6.45, 7) is 14.2. The van der Waals surface area contributed by atoms with Crippen LogP contribution in [0.5, 0.6) is 0 Å². The lowest BCUT2D eigenvalue weighted by Gasteiger charge is -2.23. The Morgan fingerprint density at radius 1 is 1.29 bits per heavy atom. The fourth-order valence-corrected chi connectivity index (χ4v) is 1.55. The molecule has 0 saturated heterocycles. The van der Waals surface area contributed by atoms with E-state index in [-0.39, 0.29) is 0 Å². The summed E-state index contributed by atoms with van der Waals surface area (Å²) in [5, 5.41) is 0. The molecule has 0 bridgehead atoms. The van der Waals surface area contributed by atoms with Gasteiger partial charge in [0.05, 0.1) is 12.2 Å². The van der Waals surface area contributed by atoms with Crippen LogP contribution in [0.25, 0.3) is 0 Å². The van der Waals surface area contributed by atoms with Crippen LogP contribution in [-0.2, 0) is 14.3 Å². The third-order valence-corrected chi connectivity index (χ3v) is 2.44. The van der Waals surface area contributed by atoms with Crippen LogP contribution >= 0.6 is 0 Å². The second-order valence-corrected chi connectivity index (χ2v) is 10.6. The van der Waals surface area contributed by atoms with Gasteiger partial charge in [-0.3, -0.25) is 0 Å². The third kappa shape index (κ3) is 8.96. The summed E-state index contributed by atoms with van der Waals surface area (Å²) >= 11 is 0. The Morgan fingerprint density at radius 3 is 2.18 bits per heavy atom. The van der Waals surface area contributed by atoms with Gasteiger partial charge in [-0.05, 0) is 27.7 Å². The standard InChI is InChI=1S/C13H24O3Si/c1-8-15-12(14)11(16-13(2,3)4)9-10-17(5,6)7/h11H,8H2,1-7H3/t11-/m0/s1. The molecule has 17 heavy (non-hydrogen) atoms. The number of esters is 1. The van der Waals surface area contributed by atoms with E-state index >= 15 is 0 Å². The van der Waals surface area contributed by atoms with Crippen molar-refractivity contribution >= 4 is 14.0 Å². The number of ether oxygens (including phenoxy) is 2. The maximum atomic E-state index is 11.7. The van der Waals surface area contributed by atoms with E-state index < -0.39 is 25.7 Å². The maximum absolute atomic E-state index is 11.7. The molecular formula is C13H24O3Si. The molecule has 0 N–H and O–H groups in total. The zero-order chi connectivity index (χ0) is 13.7. The van der Waals surface area contributed by atoms with Gasteiger partial charge in [0.15, 0.2) is 0 Å². The minimum absolute atomic E-state index is 0.345. The van der Waals surface area contributed by atoms with Crippen LogP contribution in [0.3, 0.4) is 0 Å². The Hall–Kier alpha value is -0.793. The highest BCUT2D eigenvalue weighted by Gasteiger charge is 2.25. The van der Waals surface area contributed by atoms with E-state index in [1.165, 1.54) is 0 Å². The normalized spacial score (nSPS) is 13.6. The van der Waals surface area contributed by atoms with Crippen molar-refractivity contribution in [3.63, 3.8) is 0 Å². The number of carbonyl (C=O) groups excluding carboxylic acids is 1. The summed E-state index contributed by atoms with van der Waals surface area (Å²) in [4.78, 5) is 11.7. The van der Waals surface area contributed by atoms with Crippen molar-refractivity contribution in [1.82, 2.24) is 0 Å². The highest BCUT2D eigenvalue weighted by molar-refractivity contribution is 6.83. The molecule has 0 spiro atoms. The summed E-state index contributed by atoms with van der Waals surface area (Å²) in [6.07, 6.45) is -0.776. The Kier molecular flexibility index (Phi) is 5.93. The van der Waals surface area contributed by atoms with Crippen LogP contribution in [0.2, 0.25) is 19.6 Å². The molecular weight excluding hydrogens is 232 g/mol. The first kappa shape index (κ1) is 16.2. The predicted molar refractivity (Wildman–Crippen MR) is 72.4 cm³/mol. The topological polar surface area (TPSA) is 35.5 Å². The molecule has 0 unspecified atom stereocenters. The molecule has 0 rings (SSSR count).